The molecule has 0 aliphatic rings. The minimum absolute atomic E-state index is 0.148. The molecule has 0 unspecified atom stereocenters. The van der Waals surface area contributed by atoms with Crippen LogP contribution < -0.4 is 10.6 Å². The van der Waals surface area contributed by atoms with E-state index in [2.05, 4.69) is 25.8 Å². The summed E-state index contributed by atoms with van der Waals surface area (Å²) in [7, 11) is 0. The van der Waals surface area contributed by atoms with Crippen LogP contribution in [0.5, 0.6) is 0 Å². The van der Waals surface area contributed by atoms with Crippen molar-refractivity contribution in [3.8, 4) is 0 Å². The maximum Gasteiger partial charge on any atom is 0.237 e. The molecule has 6 nitrogen and oxygen atoms in total. The highest BCUT2D eigenvalue weighted by Gasteiger charge is 2.18. The standard InChI is InChI=1S/C20H16FN5OS2/c1-12(18(27)23-16-10-4-9-15-13(16)6-5-11-22-15)28-20-26-25-19(29-20)24-17-8-3-2-7-14(17)21/h2-12H,1H3,(H,23,27)(H,24,25)/t12-/m1/s1. The summed E-state index contributed by atoms with van der Waals surface area (Å²) in [5, 5.41) is 14.9. The summed E-state index contributed by atoms with van der Waals surface area (Å²) in [5.41, 5.74) is 1.86. The Balaban J connectivity index is 1.41. The lowest BCUT2D eigenvalue weighted by Gasteiger charge is -2.12. The van der Waals surface area contributed by atoms with E-state index in [4.69, 9.17) is 0 Å². The highest BCUT2D eigenvalue weighted by atomic mass is 32.2. The van der Waals surface area contributed by atoms with Crippen LogP contribution in [0, 0.1) is 5.82 Å². The normalized spacial score (nSPS) is 11.9. The van der Waals surface area contributed by atoms with Crippen LogP contribution in [0.3, 0.4) is 0 Å². The summed E-state index contributed by atoms with van der Waals surface area (Å²) in [6, 6.07) is 15.7. The van der Waals surface area contributed by atoms with E-state index in [0.717, 1.165) is 10.9 Å². The lowest BCUT2D eigenvalue weighted by molar-refractivity contribution is -0.115. The van der Waals surface area contributed by atoms with Gasteiger partial charge in [-0.05, 0) is 43.3 Å². The summed E-state index contributed by atoms with van der Waals surface area (Å²) in [5.74, 6) is -0.514. The molecule has 0 fully saturated rings. The fraction of sp³-hybridized carbons (Fsp3) is 0.100. The molecule has 146 valence electrons. The average Bonchev–Trinajstić information content (AvgIpc) is 3.17. The number of hydrogen-bond donors (Lipinski definition) is 2. The average molecular weight is 426 g/mol. The van der Waals surface area contributed by atoms with Crippen molar-refractivity contribution in [2.45, 2.75) is 16.5 Å². The first-order valence-electron chi connectivity index (χ1n) is 8.76. The molecular weight excluding hydrogens is 409 g/mol. The lowest BCUT2D eigenvalue weighted by atomic mass is 10.2. The van der Waals surface area contributed by atoms with E-state index in [1.54, 1.807) is 31.3 Å². The Hall–Kier alpha value is -3.04. The van der Waals surface area contributed by atoms with Gasteiger partial charge in [0, 0.05) is 11.6 Å². The third kappa shape index (κ3) is 4.52. The van der Waals surface area contributed by atoms with E-state index in [0.29, 0.717) is 20.8 Å². The number of rotatable bonds is 6. The topological polar surface area (TPSA) is 79.8 Å². The molecule has 2 N–H and O–H groups in total. The quantitative estimate of drug-likeness (QED) is 0.419. The monoisotopic (exact) mass is 425 g/mol. The lowest BCUT2D eigenvalue weighted by Crippen LogP contribution is -2.22. The fourth-order valence-corrected chi connectivity index (χ4v) is 4.55. The van der Waals surface area contributed by atoms with Gasteiger partial charge in [-0.15, -0.1) is 10.2 Å². The minimum atomic E-state index is -0.392. The number of hydrogen-bond acceptors (Lipinski definition) is 7. The van der Waals surface area contributed by atoms with E-state index in [9.17, 15) is 9.18 Å². The molecule has 0 saturated carbocycles. The van der Waals surface area contributed by atoms with Gasteiger partial charge in [-0.3, -0.25) is 9.78 Å². The Labute approximate surface area is 174 Å². The number of carbonyl (C=O) groups is 1. The van der Waals surface area contributed by atoms with Crippen molar-refractivity contribution < 1.29 is 9.18 Å². The van der Waals surface area contributed by atoms with E-state index >= 15 is 0 Å². The smallest absolute Gasteiger partial charge is 0.237 e. The van der Waals surface area contributed by atoms with Crippen LogP contribution in [-0.4, -0.2) is 26.3 Å². The molecule has 29 heavy (non-hydrogen) atoms. The number of para-hydroxylation sites is 1. The molecule has 0 radical (unpaired) electrons. The van der Waals surface area contributed by atoms with Crippen LogP contribution in [0.15, 0.2) is 65.1 Å². The van der Waals surface area contributed by atoms with E-state index in [1.165, 1.54) is 29.2 Å². The van der Waals surface area contributed by atoms with Gasteiger partial charge in [-0.2, -0.15) is 0 Å². The molecule has 0 saturated heterocycles. The maximum absolute atomic E-state index is 13.7. The first-order chi connectivity index (χ1) is 14.1. The number of fused-ring (bicyclic) bond motifs is 1. The molecule has 0 spiro atoms. The Morgan fingerprint density at radius 2 is 1.90 bits per heavy atom. The Morgan fingerprint density at radius 1 is 1.07 bits per heavy atom. The van der Waals surface area contributed by atoms with Gasteiger partial charge in [-0.25, -0.2) is 4.39 Å². The summed E-state index contributed by atoms with van der Waals surface area (Å²) in [6.45, 7) is 1.80. The Bertz CT molecular complexity index is 1160. The predicted octanol–water partition coefficient (Wildman–Crippen LogP) is 5.09. The summed E-state index contributed by atoms with van der Waals surface area (Å²) in [6.07, 6.45) is 1.72. The highest BCUT2D eigenvalue weighted by Crippen LogP contribution is 2.31. The van der Waals surface area contributed by atoms with Crippen molar-refractivity contribution in [2.75, 3.05) is 10.6 Å². The number of carbonyl (C=O) groups excluding carboxylic acids is 1. The molecule has 0 aliphatic heterocycles. The van der Waals surface area contributed by atoms with Gasteiger partial charge in [-0.1, -0.05) is 41.3 Å². The Morgan fingerprint density at radius 3 is 2.76 bits per heavy atom. The zero-order valence-electron chi connectivity index (χ0n) is 15.3. The summed E-state index contributed by atoms with van der Waals surface area (Å²) in [4.78, 5) is 16.9. The zero-order chi connectivity index (χ0) is 20.2. The molecule has 2 aromatic heterocycles. The zero-order valence-corrected chi connectivity index (χ0v) is 16.9. The van der Waals surface area contributed by atoms with Gasteiger partial charge in [0.2, 0.25) is 11.0 Å². The molecule has 9 heteroatoms. The number of nitrogens with zero attached hydrogens (tertiary/aromatic N) is 3. The number of amides is 1. The summed E-state index contributed by atoms with van der Waals surface area (Å²) < 4.78 is 14.4. The Kier molecular flexibility index (Phi) is 5.68. The first-order valence-corrected chi connectivity index (χ1v) is 10.5. The van der Waals surface area contributed by atoms with Crippen LogP contribution in [0.2, 0.25) is 0 Å². The molecule has 0 aliphatic carbocycles. The number of benzene rings is 2. The van der Waals surface area contributed by atoms with Gasteiger partial charge in [0.05, 0.1) is 22.1 Å². The molecule has 2 heterocycles. The third-order valence-corrected chi connectivity index (χ3v) is 6.10. The number of nitrogens with one attached hydrogen (secondary N) is 2. The molecular formula is C20H16FN5OS2. The van der Waals surface area contributed by atoms with Gasteiger partial charge >= 0.3 is 0 Å². The number of anilines is 3. The van der Waals surface area contributed by atoms with E-state index < -0.39 is 5.25 Å². The van der Waals surface area contributed by atoms with Crippen LogP contribution in [-0.2, 0) is 4.79 Å². The molecule has 2 aromatic carbocycles. The van der Waals surface area contributed by atoms with Crippen molar-refractivity contribution in [3.63, 3.8) is 0 Å². The van der Waals surface area contributed by atoms with Crippen LogP contribution in [0.1, 0.15) is 6.92 Å². The largest absolute Gasteiger partial charge is 0.328 e. The molecule has 1 amide bonds. The second-order valence-corrected chi connectivity index (χ2v) is 8.67. The molecule has 4 aromatic rings. The summed E-state index contributed by atoms with van der Waals surface area (Å²) >= 11 is 2.56. The van der Waals surface area contributed by atoms with Crippen molar-refractivity contribution in [2.24, 2.45) is 0 Å². The third-order valence-electron chi connectivity index (χ3n) is 4.07. The first kappa shape index (κ1) is 19.3. The highest BCUT2D eigenvalue weighted by molar-refractivity contribution is 8.02. The van der Waals surface area contributed by atoms with Crippen molar-refractivity contribution in [3.05, 3.63) is 66.6 Å². The van der Waals surface area contributed by atoms with Crippen molar-refractivity contribution in [1.29, 1.82) is 0 Å². The number of halogens is 1. The minimum Gasteiger partial charge on any atom is -0.328 e. The predicted molar refractivity (Wildman–Crippen MR) is 115 cm³/mol. The van der Waals surface area contributed by atoms with Gasteiger partial charge in [0.15, 0.2) is 4.34 Å². The molecule has 1 atom stereocenters. The van der Waals surface area contributed by atoms with Crippen LogP contribution in [0.4, 0.5) is 20.9 Å². The van der Waals surface area contributed by atoms with Crippen molar-refractivity contribution in [1.82, 2.24) is 15.2 Å². The van der Waals surface area contributed by atoms with Crippen molar-refractivity contribution >= 4 is 56.4 Å². The van der Waals surface area contributed by atoms with E-state index in [1.807, 2.05) is 30.3 Å². The maximum atomic E-state index is 13.7. The number of thioether (sulfide) groups is 1. The van der Waals surface area contributed by atoms with E-state index in [-0.39, 0.29) is 11.7 Å². The van der Waals surface area contributed by atoms with Crippen LogP contribution >= 0.6 is 23.1 Å². The fourth-order valence-electron chi connectivity index (χ4n) is 2.64. The second-order valence-electron chi connectivity index (χ2n) is 6.10. The van der Waals surface area contributed by atoms with Gasteiger partial charge in [0.25, 0.3) is 0 Å². The van der Waals surface area contributed by atoms with Gasteiger partial charge in [0.1, 0.15) is 5.82 Å². The number of pyridine rings is 1. The molecule has 4 rings (SSSR count). The number of aromatic nitrogens is 3. The van der Waals surface area contributed by atoms with Gasteiger partial charge < -0.3 is 10.6 Å². The molecule has 0 bridgehead atoms. The van der Waals surface area contributed by atoms with Crippen LogP contribution in [0.25, 0.3) is 10.9 Å². The SMILES string of the molecule is C[C@@H](Sc1nnc(Nc2ccccc2F)s1)C(=O)Nc1cccc2ncccc12. The second kappa shape index (κ2) is 8.54.